The molecule has 0 spiro atoms. The molecule has 2 aromatic rings. The fourth-order valence-corrected chi connectivity index (χ4v) is 2.26. The molecule has 0 radical (unpaired) electrons. The molecule has 2 rings (SSSR count). The van der Waals surface area contributed by atoms with Gasteiger partial charge < -0.3 is 19.6 Å². The molecule has 0 fully saturated rings. The molecular weight excluding hydrogens is 332 g/mol. The van der Waals surface area contributed by atoms with Gasteiger partial charge in [0.1, 0.15) is 20.3 Å². The van der Waals surface area contributed by atoms with E-state index in [1.165, 1.54) is 14.2 Å². The Morgan fingerprint density at radius 1 is 1.12 bits per heavy atom. The van der Waals surface area contributed by atoms with E-state index in [1.54, 1.807) is 18.2 Å². The number of nitrogens with one attached hydrogen (secondary N) is 1. The number of rotatable bonds is 8. The third kappa shape index (κ3) is 4.77. The summed E-state index contributed by atoms with van der Waals surface area (Å²) < 4.78 is 11.4. The number of para-hydroxylation sites is 2. The summed E-state index contributed by atoms with van der Waals surface area (Å²) in [6, 6.07) is 14.6. The fourth-order valence-electron chi connectivity index (χ4n) is 2.26. The molecule has 0 aromatic heterocycles. The van der Waals surface area contributed by atoms with E-state index in [1.807, 2.05) is 30.3 Å². The van der Waals surface area contributed by atoms with Crippen LogP contribution in [0.5, 0.6) is 11.5 Å². The summed E-state index contributed by atoms with van der Waals surface area (Å²) in [7, 11) is 2.92. The highest BCUT2D eigenvalue weighted by atomic mass is 16.6. The standard InChI is InChI=1S/C20H20N2O4/c1-4-13-25-17-11-7-8-12-18(17)26-14-15-9-5-6-10-16(15)19(22-24-3)20(23)21-2/h1,5-12H,13-14H2,2-3H3,(H,21,23)/b22-19-. The fraction of sp³-hybridized carbons (Fsp3) is 0.200. The van der Waals surface area contributed by atoms with Crippen LogP contribution in [0.1, 0.15) is 11.1 Å². The molecule has 6 nitrogen and oxygen atoms in total. The Morgan fingerprint density at radius 3 is 2.42 bits per heavy atom. The van der Waals surface area contributed by atoms with E-state index in [9.17, 15) is 4.79 Å². The molecule has 0 aliphatic heterocycles. The highest BCUT2D eigenvalue weighted by Crippen LogP contribution is 2.27. The van der Waals surface area contributed by atoms with Crippen LogP contribution >= 0.6 is 0 Å². The zero-order valence-electron chi connectivity index (χ0n) is 14.7. The van der Waals surface area contributed by atoms with Gasteiger partial charge in [-0.05, 0) is 17.7 Å². The molecule has 0 bridgehead atoms. The topological polar surface area (TPSA) is 69.1 Å². The summed E-state index contributed by atoms with van der Waals surface area (Å²) in [4.78, 5) is 16.9. The van der Waals surface area contributed by atoms with Crippen LogP contribution in [0.3, 0.4) is 0 Å². The average molecular weight is 352 g/mol. The Hall–Kier alpha value is -3.46. The Labute approximate surface area is 152 Å². The molecule has 0 atom stereocenters. The molecule has 1 amide bonds. The predicted octanol–water partition coefficient (Wildman–Crippen LogP) is 2.37. The monoisotopic (exact) mass is 352 g/mol. The van der Waals surface area contributed by atoms with Crippen LogP contribution in [0, 0.1) is 12.3 Å². The molecule has 2 aromatic carbocycles. The van der Waals surface area contributed by atoms with E-state index in [0.29, 0.717) is 17.1 Å². The number of ether oxygens (including phenoxy) is 2. The molecule has 0 unspecified atom stereocenters. The van der Waals surface area contributed by atoms with Crippen molar-refractivity contribution < 1.29 is 19.1 Å². The maximum atomic E-state index is 12.1. The molecule has 6 heteroatoms. The summed E-state index contributed by atoms with van der Waals surface area (Å²) in [5.74, 6) is 3.19. The molecule has 1 N–H and O–H groups in total. The molecule has 0 saturated carbocycles. The number of hydrogen-bond acceptors (Lipinski definition) is 5. The second-order valence-electron chi connectivity index (χ2n) is 5.09. The summed E-state index contributed by atoms with van der Waals surface area (Å²) >= 11 is 0. The van der Waals surface area contributed by atoms with Crippen molar-refractivity contribution in [1.82, 2.24) is 5.32 Å². The van der Waals surface area contributed by atoms with Gasteiger partial charge in [-0.3, -0.25) is 4.79 Å². The zero-order valence-corrected chi connectivity index (χ0v) is 14.7. The van der Waals surface area contributed by atoms with Crippen molar-refractivity contribution in [1.29, 1.82) is 0 Å². The van der Waals surface area contributed by atoms with Gasteiger partial charge >= 0.3 is 0 Å². The van der Waals surface area contributed by atoms with Crippen LogP contribution in [0.4, 0.5) is 0 Å². The Morgan fingerprint density at radius 2 is 1.77 bits per heavy atom. The number of likely N-dealkylation sites (N-methyl/N-ethyl adjacent to an activating group) is 1. The number of nitrogens with zero attached hydrogens (tertiary/aromatic N) is 1. The van der Waals surface area contributed by atoms with E-state index in [2.05, 4.69) is 16.4 Å². The largest absolute Gasteiger partial charge is 0.485 e. The van der Waals surface area contributed by atoms with Gasteiger partial charge in [-0.2, -0.15) is 0 Å². The van der Waals surface area contributed by atoms with Gasteiger partial charge in [-0.15, -0.1) is 6.42 Å². The molecule has 26 heavy (non-hydrogen) atoms. The maximum absolute atomic E-state index is 12.1. The van der Waals surface area contributed by atoms with Crippen molar-refractivity contribution >= 4 is 11.6 Å². The second kappa shape index (κ2) is 9.74. The third-order valence-corrected chi connectivity index (χ3v) is 3.44. The number of amides is 1. The quantitative estimate of drug-likeness (QED) is 0.450. The van der Waals surface area contributed by atoms with E-state index in [4.69, 9.17) is 20.7 Å². The van der Waals surface area contributed by atoms with Gasteiger partial charge in [-0.25, -0.2) is 0 Å². The van der Waals surface area contributed by atoms with Gasteiger partial charge in [0.05, 0.1) is 0 Å². The molecule has 0 aliphatic carbocycles. The van der Waals surface area contributed by atoms with Gasteiger partial charge in [0, 0.05) is 12.6 Å². The zero-order chi connectivity index (χ0) is 18.8. The van der Waals surface area contributed by atoms with Crippen molar-refractivity contribution in [3.8, 4) is 23.8 Å². The van der Waals surface area contributed by atoms with Crippen molar-refractivity contribution in [2.75, 3.05) is 20.8 Å². The Bertz CT molecular complexity index is 825. The van der Waals surface area contributed by atoms with E-state index >= 15 is 0 Å². The summed E-state index contributed by atoms with van der Waals surface area (Å²) in [5.41, 5.74) is 1.57. The molecule has 0 heterocycles. The normalized spacial score (nSPS) is 10.6. The van der Waals surface area contributed by atoms with Gasteiger partial charge in [0.15, 0.2) is 17.2 Å². The van der Waals surface area contributed by atoms with Crippen molar-refractivity contribution in [3.63, 3.8) is 0 Å². The van der Waals surface area contributed by atoms with Crippen LogP contribution in [-0.2, 0) is 16.2 Å². The van der Waals surface area contributed by atoms with Crippen LogP contribution < -0.4 is 14.8 Å². The average Bonchev–Trinajstić information content (AvgIpc) is 2.69. The summed E-state index contributed by atoms with van der Waals surface area (Å²) in [6.45, 7) is 0.366. The summed E-state index contributed by atoms with van der Waals surface area (Å²) in [5, 5.41) is 6.39. The van der Waals surface area contributed by atoms with Crippen molar-refractivity contribution in [3.05, 3.63) is 59.7 Å². The highest BCUT2D eigenvalue weighted by Gasteiger charge is 2.17. The second-order valence-corrected chi connectivity index (χ2v) is 5.09. The van der Waals surface area contributed by atoms with Crippen LogP contribution in [0.25, 0.3) is 0 Å². The molecule has 0 aliphatic rings. The SMILES string of the molecule is C#CCOc1ccccc1OCc1ccccc1/C(=N/OC)C(=O)NC. The van der Waals surface area contributed by atoms with Crippen molar-refractivity contribution in [2.45, 2.75) is 6.61 Å². The maximum Gasteiger partial charge on any atom is 0.273 e. The Balaban J connectivity index is 2.26. The van der Waals surface area contributed by atoms with E-state index in [-0.39, 0.29) is 24.8 Å². The minimum Gasteiger partial charge on any atom is -0.485 e. The minimum absolute atomic E-state index is 0.151. The Kier molecular flexibility index (Phi) is 7.07. The lowest BCUT2D eigenvalue weighted by Crippen LogP contribution is -2.29. The third-order valence-electron chi connectivity index (χ3n) is 3.44. The van der Waals surface area contributed by atoms with E-state index < -0.39 is 0 Å². The van der Waals surface area contributed by atoms with Crippen molar-refractivity contribution in [2.24, 2.45) is 5.16 Å². The minimum atomic E-state index is -0.350. The van der Waals surface area contributed by atoms with Gasteiger partial charge in [0.2, 0.25) is 0 Å². The lowest BCUT2D eigenvalue weighted by Gasteiger charge is -2.14. The highest BCUT2D eigenvalue weighted by molar-refractivity contribution is 6.45. The number of carbonyl (C=O) groups excluding carboxylic acids is 1. The van der Waals surface area contributed by atoms with E-state index in [0.717, 1.165) is 5.56 Å². The van der Waals surface area contributed by atoms with Crippen LogP contribution in [-0.4, -0.2) is 32.4 Å². The first-order chi connectivity index (χ1) is 12.7. The first-order valence-corrected chi connectivity index (χ1v) is 7.90. The van der Waals surface area contributed by atoms with Crippen LogP contribution in [0.2, 0.25) is 0 Å². The van der Waals surface area contributed by atoms with Crippen LogP contribution in [0.15, 0.2) is 53.7 Å². The lowest BCUT2D eigenvalue weighted by atomic mass is 10.0. The van der Waals surface area contributed by atoms with Gasteiger partial charge in [-0.1, -0.05) is 47.5 Å². The first-order valence-electron chi connectivity index (χ1n) is 7.90. The smallest absolute Gasteiger partial charge is 0.273 e. The molecule has 0 saturated heterocycles. The number of benzene rings is 2. The number of carbonyl (C=O) groups is 1. The molecular formula is C20H20N2O4. The summed E-state index contributed by atoms with van der Waals surface area (Å²) in [6.07, 6.45) is 5.24. The molecule has 134 valence electrons. The van der Waals surface area contributed by atoms with Gasteiger partial charge in [0.25, 0.3) is 5.91 Å². The number of oxime groups is 1. The lowest BCUT2D eigenvalue weighted by molar-refractivity contribution is -0.114. The number of terminal acetylenes is 1. The number of hydrogen-bond donors (Lipinski definition) is 1. The predicted molar refractivity (Wildman–Crippen MR) is 99.2 cm³/mol. The first kappa shape index (κ1) is 18.9.